The minimum Gasteiger partial charge on any atom is -0.394 e. The second-order valence-electron chi connectivity index (χ2n) is 9.41. The number of hydrogen-bond acceptors (Lipinski definition) is 13. The Morgan fingerprint density at radius 1 is 1.14 bits per heavy atom. The quantitative estimate of drug-likeness (QED) is 0.259. The van der Waals surface area contributed by atoms with Gasteiger partial charge in [0.05, 0.1) is 12.9 Å². The second kappa shape index (κ2) is 9.19. The van der Waals surface area contributed by atoms with Crippen LogP contribution >= 0.6 is 0 Å². The van der Waals surface area contributed by atoms with Crippen molar-refractivity contribution >= 4 is 29.6 Å². The molecule has 2 fully saturated rings. The van der Waals surface area contributed by atoms with Crippen molar-refractivity contribution in [2.24, 2.45) is 15.7 Å². The number of carbonyl (C=O) groups excluding carboxylic acids is 3. The zero-order valence-corrected chi connectivity index (χ0v) is 20.0. The summed E-state index contributed by atoms with van der Waals surface area (Å²) in [6, 6.07) is 0. The molecule has 7 atom stereocenters. The Labute approximate surface area is 202 Å². The number of ketones is 2. The topological polar surface area (TPSA) is 194 Å². The smallest absolute Gasteiger partial charge is 0.250 e. The minimum absolute atomic E-state index is 0.00223. The monoisotopic (exact) mass is 495 g/mol. The van der Waals surface area contributed by atoms with Crippen LogP contribution in [0.4, 0.5) is 0 Å². The van der Waals surface area contributed by atoms with Crippen molar-refractivity contribution < 1.29 is 34.4 Å². The molecule has 35 heavy (non-hydrogen) atoms. The van der Waals surface area contributed by atoms with Crippen molar-refractivity contribution in [3.8, 4) is 0 Å². The third-order valence-electron chi connectivity index (χ3n) is 7.13. The first-order valence-corrected chi connectivity index (χ1v) is 11.7. The van der Waals surface area contributed by atoms with Crippen LogP contribution in [0.2, 0.25) is 0 Å². The highest BCUT2D eigenvalue weighted by Crippen LogP contribution is 2.41. The molecule has 0 aromatic rings. The Morgan fingerprint density at radius 2 is 1.80 bits per heavy atom. The number of ether oxygens (including phenoxy) is 1. The summed E-state index contributed by atoms with van der Waals surface area (Å²) in [5, 5.41) is 32.4. The molecule has 0 bridgehead atoms. The van der Waals surface area contributed by atoms with Gasteiger partial charge in [0.2, 0.25) is 11.4 Å². The van der Waals surface area contributed by atoms with Gasteiger partial charge in [-0.1, -0.05) is 6.42 Å². The molecule has 2 saturated heterocycles. The molecule has 4 rings (SSSR count). The standard InChI is InChI=1S/C21H33N7O7/c1-11(30)20-18(25-26-7-5-4-6-8-26)24-21(22,12(2)31)28(13(3)32)19(20)27(10-23-20)17-16(34)15(33)14(9-29)35-17/h10,14-17,19,29,33-34H,4-9,22H2,1-3H3,(H,24,25)/t14-,15?,16?,17-,19?,20?,21?/m1/s1. The number of hydrazine groups is 1. The van der Waals surface area contributed by atoms with Crippen LogP contribution in [0.5, 0.6) is 0 Å². The fourth-order valence-corrected chi connectivity index (χ4v) is 5.20. The molecule has 194 valence electrons. The van der Waals surface area contributed by atoms with Crippen molar-refractivity contribution in [2.75, 3.05) is 19.7 Å². The minimum atomic E-state index is -2.18. The number of nitrogens with two attached hydrogens (primary N) is 1. The molecule has 4 heterocycles. The van der Waals surface area contributed by atoms with E-state index in [1.54, 1.807) is 0 Å². The van der Waals surface area contributed by atoms with E-state index in [1.807, 2.05) is 5.01 Å². The maximum atomic E-state index is 13.3. The van der Waals surface area contributed by atoms with Crippen molar-refractivity contribution in [1.29, 1.82) is 0 Å². The number of hydrogen-bond donors (Lipinski definition) is 5. The van der Waals surface area contributed by atoms with Crippen LogP contribution < -0.4 is 11.2 Å². The summed E-state index contributed by atoms with van der Waals surface area (Å²) in [6.07, 6.45) is -2.61. The Morgan fingerprint density at radius 3 is 2.31 bits per heavy atom. The first-order chi connectivity index (χ1) is 16.5. The Balaban J connectivity index is 1.86. The first-order valence-electron chi connectivity index (χ1n) is 11.7. The normalized spacial score (nSPS) is 39.4. The van der Waals surface area contributed by atoms with Crippen molar-refractivity contribution in [3.05, 3.63) is 0 Å². The van der Waals surface area contributed by atoms with E-state index in [4.69, 9.17) is 10.5 Å². The number of amidine groups is 1. The molecule has 0 aliphatic carbocycles. The van der Waals surface area contributed by atoms with Gasteiger partial charge in [0, 0.05) is 26.9 Å². The second-order valence-corrected chi connectivity index (χ2v) is 9.41. The van der Waals surface area contributed by atoms with Crippen LogP contribution in [0.3, 0.4) is 0 Å². The molecule has 6 N–H and O–H groups in total. The van der Waals surface area contributed by atoms with E-state index < -0.39 is 66.1 Å². The largest absolute Gasteiger partial charge is 0.394 e. The summed E-state index contributed by atoms with van der Waals surface area (Å²) in [5.41, 5.74) is 7.78. The van der Waals surface area contributed by atoms with Gasteiger partial charge in [-0.05, 0) is 19.8 Å². The van der Waals surface area contributed by atoms with E-state index in [0.29, 0.717) is 13.1 Å². The summed E-state index contributed by atoms with van der Waals surface area (Å²) in [7, 11) is 0. The molecule has 4 aliphatic rings. The highest BCUT2D eigenvalue weighted by atomic mass is 16.6. The zero-order valence-electron chi connectivity index (χ0n) is 20.0. The first kappa shape index (κ1) is 25.6. The molecule has 14 nitrogen and oxygen atoms in total. The van der Waals surface area contributed by atoms with Gasteiger partial charge in [-0.3, -0.25) is 25.0 Å². The fourth-order valence-electron chi connectivity index (χ4n) is 5.20. The van der Waals surface area contributed by atoms with Gasteiger partial charge >= 0.3 is 0 Å². The number of nitrogens with one attached hydrogen (secondary N) is 1. The molecule has 0 aromatic heterocycles. The summed E-state index contributed by atoms with van der Waals surface area (Å²) >= 11 is 0. The SMILES string of the molecule is CC(=O)N1C2N([C@@H]3O[C@H](CO)C(O)C3O)C=NC2(C(C)=O)C(NN2CCCCC2)=NC1(N)C(C)=O. The molecule has 5 unspecified atom stereocenters. The molecule has 1 amide bonds. The number of aliphatic hydroxyl groups is 3. The molecule has 0 saturated carbocycles. The van der Waals surface area contributed by atoms with E-state index >= 15 is 0 Å². The van der Waals surface area contributed by atoms with Gasteiger partial charge in [0.15, 0.2) is 29.8 Å². The maximum Gasteiger partial charge on any atom is 0.250 e. The van der Waals surface area contributed by atoms with E-state index in [2.05, 4.69) is 15.4 Å². The average Bonchev–Trinajstić information content (AvgIpc) is 3.33. The number of nitrogens with zero attached hydrogens (tertiary/aromatic N) is 5. The molecule has 0 radical (unpaired) electrons. The van der Waals surface area contributed by atoms with E-state index in [9.17, 15) is 29.7 Å². The lowest BCUT2D eigenvalue weighted by atomic mass is 9.85. The van der Waals surface area contributed by atoms with Gasteiger partial charge in [-0.2, -0.15) is 0 Å². The van der Waals surface area contributed by atoms with E-state index in [0.717, 1.165) is 24.2 Å². The summed E-state index contributed by atoms with van der Waals surface area (Å²) < 4.78 is 5.67. The van der Waals surface area contributed by atoms with Crippen LogP contribution in [-0.4, -0.2) is 122 Å². The van der Waals surface area contributed by atoms with Crippen LogP contribution in [-0.2, 0) is 19.1 Å². The summed E-state index contributed by atoms with van der Waals surface area (Å²) in [5.74, 6) is -4.00. The Hall–Kier alpha value is -2.49. The number of fused-ring (bicyclic) bond motifs is 1. The molecule has 0 spiro atoms. The molecular weight excluding hydrogens is 462 g/mol. The van der Waals surface area contributed by atoms with Gasteiger partial charge in [0.1, 0.15) is 18.3 Å². The van der Waals surface area contributed by atoms with Crippen LogP contribution in [0.25, 0.3) is 0 Å². The number of Topliss-reactive ketones (excluding diaryl/α,β-unsaturated/α-hetero) is 2. The fraction of sp³-hybridized carbons (Fsp3) is 0.762. The third kappa shape index (κ3) is 3.84. The van der Waals surface area contributed by atoms with E-state index in [1.165, 1.54) is 32.0 Å². The van der Waals surface area contributed by atoms with Crippen molar-refractivity contribution in [1.82, 2.24) is 20.2 Å². The third-order valence-corrected chi connectivity index (χ3v) is 7.13. The predicted molar refractivity (Wildman–Crippen MR) is 121 cm³/mol. The highest BCUT2D eigenvalue weighted by Gasteiger charge is 2.67. The lowest BCUT2D eigenvalue weighted by Crippen LogP contribution is -2.79. The summed E-state index contributed by atoms with van der Waals surface area (Å²) in [4.78, 5) is 50.2. The molecule has 4 aliphatic heterocycles. The Bertz CT molecular complexity index is 954. The number of piperidine rings is 1. The summed E-state index contributed by atoms with van der Waals surface area (Å²) in [6.45, 7) is 4.40. The lowest BCUT2D eigenvalue weighted by molar-refractivity contribution is -0.166. The number of aliphatic imine (C=N–C) groups is 2. The van der Waals surface area contributed by atoms with Crippen LogP contribution in [0.15, 0.2) is 9.98 Å². The maximum absolute atomic E-state index is 13.3. The number of aliphatic hydroxyl groups excluding tert-OH is 3. The molecule has 14 heteroatoms. The average molecular weight is 496 g/mol. The number of carbonyl (C=O) groups is 3. The highest BCUT2D eigenvalue weighted by molar-refractivity contribution is 6.17. The van der Waals surface area contributed by atoms with Gasteiger partial charge in [0.25, 0.3) is 5.79 Å². The number of amides is 1. The van der Waals surface area contributed by atoms with Gasteiger partial charge in [-0.25, -0.2) is 15.0 Å². The molecular formula is C21H33N7O7. The van der Waals surface area contributed by atoms with Crippen LogP contribution in [0.1, 0.15) is 40.0 Å². The van der Waals surface area contributed by atoms with Crippen molar-refractivity contribution in [2.45, 2.75) is 82.1 Å². The Kier molecular flexibility index (Phi) is 6.72. The van der Waals surface area contributed by atoms with Gasteiger partial charge in [-0.15, -0.1) is 0 Å². The van der Waals surface area contributed by atoms with Gasteiger partial charge < -0.3 is 30.4 Å². The zero-order chi connectivity index (χ0) is 25.7. The predicted octanol–water partition coefficient (Wildman–Crippen LogP) is -3.12. The van der Waals surface area contributed by atoms with E-state index in [-0.39, 0.29) is 5.84 Å². The number of rotatable bonds is 5. The van der Waals surface area contributed by atoms with Crippen LogP contribution in [0, 0.1) is 0 Å². The van der Waals surface area contributed by atoms with Crippen molar-refractivity contribution in [3.63, 3.8) is 0 Å². The molecule has 0 aromatic carbocycles. The lowest BCUT2D eigenvalue weighted by Gasteiger charge is -2.52.